The third-order valence-electron chi connectivity index (χ3n) is 5.43. The van der Waals surface area contributed by atoms with Gasteiger partial charge in [-0.15, -0.1) is 0 Å². The number of fused-ring (bicyclic) bond motifs is 1. The zero-order valence-corrected chi connectivity index (χ0v) is 17.0. The summed E-state index contributed by atoms with van der Waals surface area (Å²) >= 11 is 0. The molecule has 0 spiro atoms. The number of hydrogen-bond donors (Lipinski definition) is 0. The second-order valence-electron chi connectivity index (χ2n) is 7.47. The summed E-state index contributed by atoms with van der Waals surface area (Å²) in [6.45, 7) is 0.914. The summed E-state index contributed by atoms with van der Waals surface area (Å²) in [6, 6.07) is 27.8. The van der Waals surface area contributed by atoms with E-state index >= 15 is 0 Å². The number of carbonyl (C=O) groups is 2. The molecule has 0 N–H and O–H groups in total. The molecule has 1 aromatic heterocycles. The van der Waals surface area contributed by atoms with Crippen molar-refractivity contribution in [2.75, 3.05) is 13.6 Å². The van der Waals surface area contributed by atoms with E-state index in [0.717, 1.165) is 34.9 Å². The van der Waals surface area contributed by atoms with Crippen LogP contribution in [0.1, 0.15) is 15.9 Å². The maximum Gasteiger partial charge on any atom is 0.242 e. The van der Waals surface area contributed by atoms with Gasteiger partial charge in [-0.25, -0.2) is 0 Å². The van der Waals surface area contributed by atoms with Gasteiger partial charge in [0.25, 0.3) is 0 Å². The van der Waals surface area contributed by atoms with Crippen LogP contribution in [-0.2, 0) is 17.8 Å². The van der Waals surface area contributed by atoms with E-state index < -0.39 is 0 Å². The summed E-state index contributed by atoms with van der Waals surface area (Å²) in [5.74, 6) is 0.0556. The van der Waals surface area contributed by atoms with Crippen LogP contribution in [0, 0.1) is 0 Å². The number of rotatable bonds is 7. The first-order chi connectivity index (χ1) is 14.7. The predicted molar refractivity (Wildman–Crippen MR) is 121 cm³/mol. The molecule has 0 aliphatic carbocycles. The Morgan fingerprint density at radius 3 is 2.50 bits per heavy atom. The number of nitrogens with zero attached hydrogens (tertiary/aromatic N) is 2. The van der Waals surface area contributed by atoms with Crippen molar-refractivity contribution in [3.8, 4) is 11.3 Å². The van der Waals surface area contributed by atoms with Gasteiger partial charge in [0.2, 0.25) is 5.91 Å². The van der Waals surface area contributed by atoms with E-state index in [-0.39, 0.29) is 12.5 Å². The number of likely N-dealkylation sites (N-methyl/N-ethyl adjacent to an activating group) is 1. The van der Waals surface area contributed by atoms with Crippen LogP contribution in [0.3, 0.4) is 0 Å². The fourth-order valence-corrected chi connectivity index (χ4v) is 3.71. The smallest absolute Gasteiger partial charge is 0.242 e. The highest BCUT2D eigenvalue weighted by Crippen LogP contribution is 2.29. The molecule has 0 fully saturated rings. The van der Waals surface area contributed by atoms with E-state index in [2.05, 4.69) is 18.2 Å². The molecule has 0 atom stereocenters. The lowest BCUT2D eigenvalue weighted by Gasteiger charge is -2.19. The molecule has 150 valence electrons. The van der Waals surface area contributed by atoms with Gasteiger partial charge in [-0.2, -0.15) is 0 Å². The van der Waals surface area contributed by atoms with Crippen LogP contribution in [-0.4, -0.2) is 35.3 Å². The topological polar surface area (TPSA) is 42.3 Å². The quantitative estimate of drug-likeness (QED) is 0.420. The van der Waals surface area contributed by atoms with Gasteiger partial charge in [-0.1, -0.05) is 66.7 Å². The van der Waals surface area contributed by atoms with Crippen LogP contribution >= 0.6 is 0 Å². The van der Waals surface area contributed by atoms with Crippen molar-refractivity contribution in [3.05, 3.63) is 96.1 Å². The number of carbonyl (C=O) groups excluding carboxylic acids is 2. The molecule has 1 heterocycles. The maximum absolute atomic E-state index is 13.0. The van der Waals surface area contributed by atoms with Gasteiger partial charge in [0.15, 0.2) is 0 Å². The van der Waals surface area contributed by atoms with Crippen LogP contribution in [0.4, 0.5) is 0 Å². The molecule has 0 unspecified atom stereocenters. The third kappa shape index (κ3) is 4.18. The van der Waals surface area contributed by atoms with Crippen molar-refractivity contribution in [2.45, 2.75) is 13.0 Å². The average molecular weight is 396 g/mol. The predicted octanol–water partition coefficient (Wildman–Crippen LogP) is 4.82. The third-order valence-corrected chi connectivity index (χ3v) is 5.43. The molecule has 3 aromatic carbocycles. The molecule has 0 bridgehead atoms. The highest BCUT2D eigenvalue weighted by molar-refractivity contribution is 5.90. The minimum absolute atomic E-state index is 0.0556. The summed E-state index contributed by atoms with van der Waals surface area (Å²) in [6.07, 6.45) is 1.67. The van der Waals surface area contributed by atoms with Crippen molar-refractivity contribution in [3.63, 3.8) is 0 Å². The van der Waals surface area contributed by atoms with E-state index in [1.54, 1.807) is 11.0 Å². The second-order valence-corrected chi connectivity index (χ2v) is 7.47. The van der Waals surface area contributed by atoms with Gasteiger partial charge in [-0.3, -0.25) is 9.59 Å². The van der Waals surface area contributed by atoms with Crippen LogP contribution in [0.25, 0.3) is 22.2 Å². The Balaban J connectivity index is 1.61. The molecular formula is C26H24N2O2. The second kappa shape index (κ2) is 8.78. The van der Waals surface area contributed by atoms with Gasteiger partial charge in [-0.05, 0) is 35.7 Å². The Kier molecular flexibility index (Phi) is 5.75. The van der Waals surface area contributed by atoms with Crippen molar-refractivity contribution in [1.29, 1.82) is 0 Å². The molecule has 4 rings (SSSR count). The minimum Gasteiger partial charge on any atom is -0.344 e. The van der Waals surface area contributed by atoms with Crippen molar-refractivity contribution < 1.29 is 9.59 Å². The molecular weight excluding hydrogens is 372 g/mol. The molecule has 4 aromatic rings. The van der Waals surface area contributed by atoms with Crippen molar-refractivity contribution in [1.82, 2.24) is 9.47 Å². The van der Waals surface area contributed by atoms with Crippen LogP contribution in [0.5, 0.6) is 0 Å². The lowest BCUT2D eigenvalue weighted by Crippen LogP contribution is -2.32. The van der Waals surface area contributed by atoms with E-state index in [0.29, 0.717) is 12.1 Å². The first-order valence-corrected chi connectivity index (χ1v) is 10.1. The van der Waals surface area contributed by atoms with Gasteiger partial charge in [0, 0.05) is 35.8 Å². The Hall–Kier alpha value is -3.66. The molecule has 0 aliphatic heterocycles. The van der Waals surface area contributed by atoms with Crippen LogP contribution in [0.15, 0.2) is 84.9 Å². The largest absolute Gasteiger partial charge is 0.344 e. The fourth-order valence-electron chi connectivity index (χ4n) is 3.71. The molecule has 30 heavy (non-hydrogen) atoms. The Bertz CT molecular complexity index is 1180. The Morgan fingerprint density at radius 2 is 1.70 bits per heavy atom. The first kappa shape index (κ1) is 19.6. The molecule has 0 saturated heterocycles. The number of para-hydroxylation sites is 1. The summed E-state index contributed by atoms with van der Waals surface area (Å²) in [5, 5.41) is 1.07. The number of aromatic nitrogens is 1. The van der Waals surface area contributed by atoms with E-state index in [1.165, 1.54) is 5.56 Å². The van der Waals surface area contributed by atoms with Crippen LogP contribution in [0.2, 0.25) is 0 Å². The highest BCUT2D eigenvalue weighted by Gasteiger charge is 2.16. The lowest BCUT2D eigenvalue weighted by molar-refractivity contribution is -0.130. The zero-order chi connectivity index (χ0) is 20.9. The normalized spacial score (nSPS) is 10.8. The monoisotopic (exact) mass is 396 g/mol. The number of aldehydes is 1. The minimum atomic E-state index is 0.0556. The first-order valence-electron chi connectivity index (χ1n) is 10.1. The van der Waals surface area contributed by atoms with Gasteiger partial charge >= 0.3 is 0 Å². The molecule has 0 aliphatic rings. The SMILES string of the molecule is CN(CCc1ccccc1)C(=O)Cn1c(-c2cccc(C=O)c2)cc2ccccc21. The molecule has 4 nitrogen and oxygen atoms in total. The standard InChI is InChI=1S/C26H24N2O2/c1-27(15-14-20-8-3-2-4-9-20)26(30)18-28-24-13-6-5-11-23(24)17-25(28)22-12-7-10-21(16-22)19-29/h2-13,16-17,19H,14-15,18H2,1H3. The average Bonchev–Trinajstić information content (AvgIpc) is 3.16. The molecule has 4 heteroatoms. The van der Waals surface area contributed by atoms with Crippen molar-refractivity contribution >= 4 is 23.1 Å². The van der Waals surface area contributed by atoms with Gasteiger partial charge < -0.3 is 9.47 Å². The summed E-state index contributed by atoms with van der Waals surface area (Å²) in [5.41, 5.74) is 4.71. The summed E-state index contributed by atoms with van der Waals surface area (Å²) < 4.78 is 2.04. The lowest BCUT2D eigenvalue weighted by atomic mass is 10.1. The molecule has 0 radical (unpaired) electrons. The molecule has 0 saturated carbocycles. The zero-order valence-electron chi connectivity index (χ0n) is 17.0. The van der Waals surface area contributed by atoms with Gasteiger partial charge in [0.1, 0.15) is 12.8 Å². The summed E-state index contributed by atoms with van der Waals surface area (Å²) in [7, 11) is 1.85. The van der Waals surface area contributed by atoms with E-state index in [9.17, 15) is 9.59 Å². The summed E-state index contributed by atoms with van der Waals surface area (Å²) in [4.78, 5) is 26.1. The number of benzene rings is 3. The van der Waals surface area contributed by atoms with E-state index in [1.807, 2.05) is 72.3 Å². The van der Waals surface area contributed by atoms with Gasteiger partial charge in [0.05, 0.1) is 0 Å². The molecule has 1 amide bonds. The Labute approximate surface area is 176 Å². The van der Waals surface area contributed by atoms with Crippen molar-refractivity contribution in [2.24, 2.45) is 0 Å². The number of hydrogen-bond acceptors (Lipinski definition) is 2. The number of amides is 1. The van der Waals surface area contributed by atoms with E-state index in [4.69, 9.17) is 0 Å². The Morgan fingerprint density at radius 1 is 0.933 bits per heavy atom. The van der Waals surface area contributed by atoms with Crippen LogP contribution < -0.4 is 0 Å². The maximum atomic E-state index is 13.0. The fraction of sp³-hybridized carbons (Fsp3) is 0.154. The highest BCUT2D eigenvalue weighted by atomic mass is 16.2.